The highest BCUT2D eigenvalue weighted by Gasteiger charge is 2.30. The number of aliphatic hydroxyl groups is 1. The van der Waals surface area contributed by atoms with E-state index in [1.54, 1.807) is 0 Å². The number of ether oxygens (including phenoxy) is 4. The third kappa shape index (κ3) is 68.1. The van der Waals surface area contributed by atoms with Crippen molar-refractivity contribution < 1.29 is 80.2 Å². The molecule has 0 aliphatic rings. The summed E-state index contributed by atoms with van der Waals surface area (Å²) in [7, 11) is -9.92. The number of aliphatic hydroxyl groups excluding tert-OH is 1. The molecular weight excluding hydrogens is 1230 g/mol. The number of carbonyl (C=O) groups excluding carboxylic acids is 4. The molecule has 0 spiro atoms. The molecule has 5 atom stereocenters. The lowest BCUT2D eigenvalue weighted by Gasteiger charge is -2.21. The SMILES string of the molecule is CCCCCC/C=C\C=C/CCCCCCCC(=O)OC[C@H](COP(=O)(O)OC[C@@H](O)COP(=O)(O)OC[C@@H](COC(=O)CCCCCCCCC)OC(=O)CCCCCCCCCCCCCCC(C)C)OC(=O)CCCCCCCCCCCCCCCCC(C)C. The molecule has 0 amide bonds. The van der Waals surface area contributed by atoms with Gasteiger partial charge in [0.1, 0.15) is 19.3 Å². The van der Waals surface area contributed by atoms with E-state index in [0.29, 0.717) is 25.7 Å². The molecule has 17 nitrogen and oxygen atoms in total. The van der Waals surface area contributed by atoms with E-state index in [4.69, 9.17) is 37.0 Å². The number of allylic oxidation sites excluding steroid dienone is 4. The van der Waals surface area contributed by atoms with Gasteiger partial charge < -0.3 is 33.8 Å². The van der Waals surface area contributed by atoms with Gasteiger partial charge in [0, 0.05) is 25.7 Å². The molecule has 0 saturated carbocycles. The number of esters is 4. The summed E-state index contributed by atoms with van der Waals surface area (Å²) in [6.45, 7) is 9.51. The first-order valence-corrected chi connectivity index (χ1v) is 41.3. The maximum atomic E-state index is 13.1. The summed E-state index contributed by atoms with van der Waals surface area (Å²) in [5.74, 6) is -0.583. The maximum absolute atomic E-state index is 13.1. The summed E-state index contributed by atoms with van der Waals surface area (Å²) in [6.07, 6.45) is 56.4. The van der Waals surface area contributed by atoms with Gasteiger partial charge >= 0.3 is 39.5 Å². The van der Waals surface area contributed by atoms with Crippen molar-refractivity contribution in [2.75, 3.05) is 39.6 Å². The minimum absolute atomic E-state index is 0.101. The van der Waals surface area contributed by atoms with E-state index in [0.717, 1.165) is 134 Å². The second kappa shape index (κ2) is 66.4. The normalized spacial score (nSPS) is 14.2. The van der Waals surface area contributed by atoms with Crippen LogP contribution in [0.1, 0.15) is 363 Å². The van der Waals surface area contributed by atoms with Crippen LogP contribution in [0.5, 0.6) is 0 Å². The fourth-order valence-corrected chi connectivity index (χ4v) is 12.5. The number of phosphoric acid groups is 2. The molecule has 3 N–H and O–H groups in total. The molecule has 0 aliphatic heterocycles. The standard InChI is InChI=1S/C75H142O17P2/c1-7-9-11-13-15-16-17-18-19-23-29-34-40-46-52-58-73(78)86-64-71(92-75(80)59-53-47-41-35-30-24-21-20-22-27-32-38-43-49-55-67(3)4)66-90-94(83,84)88-62-69(76)61-87-93(81,82)89-65-70(63-85-72(77)57-51-45-37-14-12-10-8-2)91-74(79)60-54-48-42-36-31-26-25-28-33-39-44-50-56-68(5)6/h16-19,67-71,76H,7-15,20-66H2,1-6H3,(H,81,82)(H,83,84)/b17-16-,19-18-/t69-,70+,71+/m0/s1. The van der Waals surface area contributed by atoms with Crippen LogP contribution in [0, 0.1) is 11.8 Å². The minimum atomic E-state index is -4.96. The van der Waals surface area contributed by atoms with E-state index < -0.39 is 97.5 Å². The van der Waals surface area contributed by atoms with Crippen molar-refractivity contribution in [1.29, 1.82) is 0 Å². The number of unbranched alkanes of at least 4 members (excludes halogenated alkanes) is 39. The Kier molecular flexibility index (Phi) is 64.7. The highest BCUT2D eigenvalue weighted by atomic mass is 31.2. The zero-order valence-electron chi connectivity index (χ0n) is 60.7. The molecule has 0 aromatic rings. The molecule has 19 heteroatoms. The Morgan fingerprint density at radius 1 is 0.330 bits per heavy atom. The van der Waals surface area contributed by atoms with Crippen LogP contribution < -0.4 is 0 Å². The van der Waals surface area contributed by atoms with Crippen molar-refractivity contribution in [3.63, 3.8) is 0 Å². The average molecular weight is 1380 g/mol. The number of rotatable bonds is 72. The number of phosphoric ester groups is 2. The lowest BCUT2D eigenvalue weighted by Crippen LogP contribution is -2.30. The smallest absolute Gasteiger partial charge is 0.462 e. The van der Waals surface area contributed by atoms with Crippen molar-refractivity contribution in [2.45, 2.75) is 381 Å². The largest absolute Gasteiger partial charge is 0.472 e. The Morgan fingerprint density at radius 2 is 0.574 bits per heavy atom. The second-order valence-corrected chi connectivity index (χ2v) is 30.2. The Morgan fingerprint density at radius 3 is 0.872 bits per heavy atom. The van der Waals surface area contributed by atoms with Gasteiger partial charge in [-0.1, -0.05) is 310 Å². The Bertz CT molecular complexity index is 1910. The summed E-state index contributed by atoms with van der Waals surface area (Å²) in [5.41, 5.74) is 0. The molecule has 2 unspecified atom stereocenters. The van der Waals surface area contributed by atoms with Crippen LogP contribution in [0.3, 0.4) is 0 Å². The molecular formula is C75H142O17P2. The summed E-state index contributed by atoms with van der Waals surface area (Å²) in [6, 6.07) is 0. The van der Waals surface area contributed by atoms with Crippen LogP contribution >= 0.6 is 15.6 Å². The third-order valence-electron chi connectivity index (χ3n) is 16.8. The van der Waals surface area contributed by atoms with Gasteiger partial charge in [0.2, 0.25) is 0 Å². The second-order valence-electron chi connectivity index (χ2n) is 27.3. The van der Waals surface area contributed by atoms with Crippen LogP contribution in [0.4, 0.5) is 0 Å². The van der Waals surface area contributed by atoms with Crippen molar-refractivity contribution in [3.8, 4) is 0 Å². The lowest BCUT2D eigenvalue weighted by molar-refractivity contribution is -0.161. The van der Waals surface area contributed by atoms with Gasteiger partial charge in [0.15, 0.2) is 12.2 Å². The molecule has 0 rings (SSSR count). The average Bonchev–Trinajstić information content (AvgIpc) is 2.03. The van der Waals surface area contributed by atoms with Crippen molar-refractivity contribution in [2.24, 2.45) is 11.8 Å². The first-order valence-electron chi connectivity index (χ1n) is 38.3. The van der Waals surface area contributed by atoms with Crippen LogP contribution in [-0.2, 0) is 65.4 Å². The molecule has 0 aromatic carbocycles. The maximum Gasteiger partial charge on any atom is 0.472 e. The first-order chi connectivity index (χ1) is 45.4. The summed E-state index contributed by atoms with van der Waals surface area (Å²) in [5, 5.41) is 10.6. The number of carbonyl (C=O) groups is 4. The molecule has 0 saturated heterocycles. The van der Waals surface area contributed by atoms with E-state index in [1.807, 2.05) is 0 Å². The molecule has 0 aliphatic carbocycles. The fraction of sp³-hybridized carbons (Fsp3) is 0.893. The van der Waals surface area contributed by atoms with Gasteiger partial charge in [-0.25, -0.2) is 9.13 Å². The first kappa shape index (κ1) is 91.5. The van der Waals surface area contributed by atoms with Gasteiger partial charge in [-0.2, -0.15) is 0 Å². The predicted molar refractivity (Wildman–Crippen MR) is 381 cm³/mol. The molecule has 94 heavy (non-hydrogen) atoms. The highest BCUT2D eigenvalue weighted by Crippen LogP contribution is 2.45. The number of hydrogen-bond donors (Lipinski definition) is 3. The number of hydrogen-bond acceptors (Lipinski definition) is 15. The van der Waals surface area contributed by atoms with E-state index in [9.17, 15) is 43.2 Å². The summed E-state index contributed by atoms with van der Waals surface area (Å²) in [4.78, 5) is 72.6. The van der Waals surface area contributed by atoms with Crippen molar-refractivity contribution >= 4 is 39.5 Å². The quantitative estimate of drug-likeness (QED) is 0.0169. The van der Waals surface area contributed by atoms with Crippen LogP contribution in [0.25, 0.3) is 0 Å². The van der Waals surface area contributed by atoms with Crippen molar-refractivity contribution in [1.82, 2.24) is 0 Å². The Labute approximate surface area is 573 Å². The molecule has 0 heterocycles. The molecule has 0 bridgehead atoms. The van der Waals surface area contributed by atoms with Gasteiger partial charge in [-0.3, -0.25) is 37.3 Å². The Hall–Kier alpha value is -2.46. The van der Waals surface area contributed by atoms with Crippen molar-refractivity contribution in [3.05, 3.63) is 24.3 Å². The molecule has 0 aromatic heterocycles. The zero-order valence-corrected chi connectivity index (χ0v) is 62.5. The zero-order chi connectivity index (χ0) is 69.3. The predicted octanol–water partition coefficient (Wildman–Crippen LogP) is 21.5. The topological polar surface area (TPSA) is 237 Å². The van der Waals surface area contributed by atoms with Crippen LogP contribution in [0.15, 0.2) is 24.3 Å². The monoisotopic (exact) mass is 1380 g/mol. The van der Waals surface area contributed by atoms with Gasteiger partial charge in [-0.05, 0) is 63.2 Å². The molecule has 0 fully saturated rings. The molecule has 554 valence electrons. The highest BCUT2D eigenvalue weighted by molar-refractivity contribution is 7.47. The van der Waals surface area contributed by atoms with Gasteiger partial charge in [0.25, 0.3) is 0 Å². The van der Waals surface area contributed by atoms with E-state index in [2.05, 4.69) is 65.8 Å². The third-order valence-corrected chi connectivity index (χ3v) is 18.7. The van der Waals surface area contributed by atoms with Crippen LogP contribution in [0.2, 0.25) is 0 Å². The van der Waals surface area contributed by atoms with E-state index in [1.165, 1.54) is 148 Å². The van der Waals surface area contributed by atoms with E-state index >= 15 is 0 Å². The fourth-order valence-electron chi connectivity index (χ4n) is 10.9. The Balaban J connectivity index is 5.23. The minimum Gasteiger partial charge on any atom is -0.462 e. The lowest BCUT2D eigenvalue weighted by atomic mass is 10.0. The van der Waals surface area contributed by atoms with E-state index in [-0.39, 0.29) is 25.7 Å². The summed E-state index contributed by atoms with van der Waals surface area (Å²) < 4.78 is 68.3. The summed E-state index contributed by atoms with van der Waals surface area (Å²) >= 11 is 0. The van der Waals surface area contributed by atoms with Gasteiger partial charge in [-0.15, -0.1) is 0 Å². The van der Waals surface area contributed by atoms with Gasteiger partial charge in [0.05, 0.1) is 26.4 Å². The molecule has 0 radical (unpaired) electrons. The van der Waals surface area contributed by atoms with Crippen LogP contribution in [-0.4, -0.2) is 96.7 Å².